The van der Waals surface area contributed by atoms with Crippen LogP contribution in [0.3, 0.4) is 0 Å². The van der Waals surface area contributed by atoms with E-state index in [4.69, 9.17) is 11.5 Å². The monoisotopic (exact) mass is 383 g/mol. The quantitative estimate of drug-likeness (QED) is 0.594. The molecule has 3 rings (SSSR count). The molecule has 1 aromatic heterocycles. The van der Waals surface area contributed by atoms with Crippen LogP contribution in [0.4, 0.5) is 21.7 Å². The molecule has 0 unspecified atom stereocenters. The predicted octanol–water partition coefficient (Wildman–Crippen LogP) is 1.98. The molecule has 0 saturated heterocycles. The topological polar surface area (TPSA) is 124 Å². The van der Waals surface area contributed by atoms with Gasteiger partial charge in [0, 0.05) is 5.56 Å². The highest BCUT2D eigenvalue weighted by Gasteiger charge is 2.18. The molecule has 0 fully saturated rings. The van der Waals surface area contributed by atoms with Crippen molar-refractivity contribution in [2.45, 2.75) is 4.90 Å². The highest BCUT2D eigenvalue weighted by molar-refractivity contribution is 7.92. The van der Waals surface area contributed by atoms with Crippen molar-refractivity contribution in [2.24, 2.45) is 0 Å². The van der Waals surface area contributed by atoms with E-state index in [1.807, 2.05) is 0 Å². The third-order valence-corrected chi connectivity index (χ3v) is 4.89. The van der Waals surface area contributed by atoms with Crippen LogP contribution in [0.5, 0.6) is 0 Å². The smallest absolute Gasteiger partial charge is 0.264 e. The van der Waals surface area contributed by atoms with Crippen LogP contribution in [0.25, 0.3) is 0 Å². The van der Waals surface area contributed by atoms with Gasteiger partial charge in [0.1, 0.15) is 34.2 Å². The predicted molar refractivity (Wildman–Crippen MR) is 100 cm³/mol. The lowest BCUT2D eigenvalue weighted by atomic mass is 10.2. The van der Waals surface area contributed by atoms with E-state index in [0.717, 1.165) is 6.07 Å². The van der Waals surface area contributed by atoms with Crippen LogP contribution < -0.4 is 16.2 Å². The van der Waals surface area contributed by atoms with Gasteiger partial charge in [0.05, 0.1) is 5.69 Å². The molecule has 5 N–H and O–H groups in total. The summed E-state index contributed by atoms with van der Waals surface area (Å²) >= 11 is 0. The van der Waals surface area contributed by atoms with E-state index in [-0.39, 0.29) is 22.9 Å². The zero-order valence-corrected chi connectivity index (χ0v) is 14.7. The summed E-state index contributed by atoms with van der Waals surface area (Å²) < 4.78 is 40.8. The van der Waals surface area contributed by atoms with Gasteiger partial charge in [0.25, 0.3) is 10.0 Å². The number of nitrogen functional groups attached to an aromatic ring is 2. The largest absolute Gasteiger partial charge is 0.382 e. The average molecular weight is 383 g/mol. The number of nitrogens with zero attached hydrogens (tertiary/aromatic N) is 2. The van der Waals surface area contributed by atoms with Gasteiger partial charge >= 0.3 is 0 Å². The van der Waals surface area contributed by atoms with Crippen molar-refractivity contribution in [1.29, 1.82) is 0 Å². The summed E-state index contributed by atoms with van der Waals surface area (Å²) in [7, 11) is -4.07. The molecule has 0 aliphatic rings. The van der Waals surface area contributed by atoms with E-state index in [1.54, 1.807) is 12.1 Å². The van der Waals surface area contributed by atoms with Crippen molar-refractivity contribution in [2.75, 3.05) is 16.2 Å². The summed E-state index contributed by atoms with van der Waals surface area (Å²) in [6, 6.07) is 11.4. The zero-order chi connectivity index (χ0) is 19.4. The molecule has 3 aromatic rings. The summed E-state index contributed by atoms with van der Waals surface area (Å²) in [5.74, 6) is 5.04. The number of benzene rings is 2. The van der Waals surface area contributed by atoms with Gasteiger partial charge in [-0.25, -0.2) is 22.8 Å². The van der Waals surface area contributed by atoms with Gasteiger partial charge in [0.15, 0.2) is 0 Å². The first-order chi connectivity index (χ1) is 12.9. The minimum atomic E-state index is -4.07. The van der Waals surface area contributed by atoms with Crippen LogP contribution in [0.1, 0.15) is 11.1 Å². The molecule has 0 bridgehead atoms. The van der Waals surface area contributed by atoms with Gasteiger partial charge in [-0.2, -0.15) is 0 Å². The Morgan fingerprint density at radius 1 is 0.963 bits per heavy atom. The Hall–Kier alpha value is -3.64. The van der Waals surface area contributed by atoms with E-state index in [2.05, 4.69) is 26.5 Å². The molecular formula is C18H14FN5O2S. The fourth-order valence-corrected chi connectivity index (χ4v) is 3.34. The fraction of sp³-hybridized carbons (Fsp3) is 0. The van der Waals surface area contributed by atoms with Gasteiger partial charge in [-0.15, -0.1) is 0 Å². The molecule has 0 aliphatic carbocycles. The van der Waals surface area contributed by atoms with Crippen molar-refractivity contribution in [3.8, 4) is 11.8 Å². The third kappa shape index (κ3) is 4.13. The molecule has 0 amide bonds. The maximum Gasteiger partial charge on any atom is 0.264 e. The molecule has 0 atom stereocenters. The second-order valence-corrected chi connectivity index (χ2v) is 7.04. The minimum absolute atomic E-state index is 0.145. The molecule has 0 saturated carbocycles. The molecular weight excluding hydrogens is 369 g/mol. The lowest BCUT2D eigenvalue weighted by molar-refractivity contribution is 0.570. The SMILES string of the molecule is Nc1ncnc(N)c1C#Cc1cccc(NS(=O)(=O)c2ccccc2F)c1. The number of nitrogens with one attached hydrogen (secondary N) is 1. The number of anilines is 3. The maximum atomic E-state index is 13.8. The summed E-state index contributed by atoms with van der Waals surface area (Å²) in [6.45, 7) is 0. The number of halogens is 1. The van der Waals surface area contributed by atoms with Crippen LogP contribution in [-0.2, 0) is 10.0 Å². The second-order valence-electron chi connectivity index (χ2n) is 5.39. The van der Waals surface area contributed by atoms with Crippen LogP contribution in [0.15, 0.2) is 59.8 Å². The first-order valence-electron chi connectivity index (χ1n) is 7.62. The minimum Gasteiger partial charge on any atom is -0.382 e. The van der Waals surface area contributed by atoms with Crippen molar-refractivity contribution < 1.29 is 12.8 Å². The highest BCUT2D eigenvalue weighted by atomic mass is 32.2. The molecule has 7 nitrogen and oxygen atoms in total. The van der Waals surface area contributed by atoms with Crippen LogP contribution >= 0.6 is 0 Å². The van der Waals surface area contributed by atoms with Gasteiger partial charge in [-0.05, 0) is 30.3 Å². The van der Waals surface area contributed by atoms with E-state index >= 15 is 0 Å². The lowest BCUT2D eigenvalue weighted by Gasteiger charge is -2.09. The number of hydrogen-bond acceptors (Lipinski definition) is 6. The van der Waals surface area contributed by atoms with E-state index < -0.39 is 20.7 Å². The van der Waals surface area contributed by atoms with Gasteiger partial charge < -0.3 is 11.5 Å². The Labute approximate surface area is 155 Å². The Morgan fingerprint density at radius 3 is 2.37 bits per heavy atom. The molecule has 0 spiro atoms. The fourth-order valence-electron chi connectivity index (χ4n) is 2.21. The maximum absolute atomic E-state index is 13.8. The van der Waals surface area contributed by atoms with E-state index in [0.29, 0.717) is 5.56 Å². The number of nitrogens with two attached hydrogens (primary N) is 2. The number of aromatic nitrogens is 2. The van der Waals surface area contributed by atoms with Crippen LogP contribution in [0, 0.1) is 17.7 Å². The Morgan fingerprint density at radius 2 is 1.67 bits per heavy atom. The average Bonchev–Trinajstić information content (AvgIpc) is 2.61. The number of sulfonamides is 1. The van der Waals surface area contributed by atoms with E-state index in [1.165, 1.54) is 36.7 Å². The van der Waals surface area contributed by atoms with Gasteiger partial charge in [0.2, 0.25) is 0 Å². The second kappa shape index (κ2) is 7.31. The molecule has 2 aromatic carbocycles. The molecule has 0 aliphatic heterocycles. The third-order valence-electron chi connectivity index (χ3n) is 3.48. The first-order valence-corrected chi connectivity index (χ1v) is 9.10. The molecule has 1 heterocycles. The summed E-state index contributed by atoms with van der Waals surface area (Å²) in [5.41, 5.74) is 12.4. The first kappa shape index (κ1) is 18.2. The normalized spacial score (nSPS) is 10.7. The zero-order valence-electron chi connectivity index (χ0n) is 13.8. The Balaban J connectivity index is 1.89. The van der Waals surface area contributed by atoms with Crippen LogP contribution in [0.2, 0.25) is 0 Å². The summed E-state index contributed by atoms with van der Waals surface area (Å²) in [4.78, 5) is 7.19. The van der Waals surface area contributed by atoms with Gasteiger partial charge in [-0.3, -0.25) is 4.72 Å². The molecule has 27 heavy (non-hydrogen) atoms. The molecule has 0 radical (unpaired) electrons. The molecule has 9 heteroatoms. The van der Waals surface area contributed by atoms with Crippen molar-refractivity contribution in [1.82, 2.24) is 9.97 Å². The summed E-state index contributed by atoms with van der Waals surface area (Å²) in [6.07, 6.45) is 1.23. The van der Waals surface area contributed by atoms with Gasteiger partial charge in [-0.1, -0.05) is 30.0 Å². The highest BCUT2D eigenvalue weighted by Crippen LogP contribution is 2.19. The van der Waals surface area contributed by atoms with Crippen molar-refractivity contribution >= 4 is 27.3 Å². The van der Waals surface area contributed by atoms with Crippen molar-refractivity contribution in [3.05, 3.63) is 71.8 Å². The Bertz CT molecular complexity index is 1150. The van der Waals surface area contributed by atoms with Crippen LogP contribution in [-0.4, -0.2) is 18.4 Å². The number of hydrogen-bond donors (Lipinski definition) is 3. The van der Waals surface area contributed by atoms with Crippen molar-refractivity contribution in [3.63, 3.8) is 0 Å². The van der Waals surface area contributed by atoms with E-state index in [9.17, 15) is 12.8 Å². The lowest BCUT2D eigenvalue weighted by Crippen LogP contribution is -2.14. The Kier molecular flexibility index (Phi) is 4.92. The number of rotatable bonds is 3. The standard InChI is InChI=1S/C18H14FN5O2S/c19-15-6-1-2-7-16(15)27(25,26)24-13-5-3-4-12(10-13)8-9-14-17(20)22-11-23-18(14)21/h1-7,10-11,24H,(H4,20,21,22,23). The summed E-state index contributed by atoms with van der Waals surface area (Å²) in [5, 5.41) is 0. The molecule has 136 valence electrons.